The molecule has 112 valence electrons. The van der Waals surface area contributed by atoms with Crippen molar-refractivity contribution >= 4 is 18.1 Å². The van der Waals surface area contributed by atoms with E-state index < -0.39 is 4.92 Å². The molecular weight excluding hydrogens is 282 g/mol. The van der Waals surface area contributed by atoms with Crippen LogP contribution in [0.1, 0.15) is 6.92 Å². The molecule has 2 rings (SSSR count). The minimum Gasteiger partial charge on any atom is -0.492 e. The number of nitro groups is 1. The van der Waals surface area contributed by atoms with Gasteiger partial charge in [-0.3, -0.25) is 15.0 Å². The largest absolute Gasteiger partial charge is 0.492 e. The number of piperazine rings is 1. The van der Waals surface area contributed by atoms with E-state index in [2.05, 4.69) is 17.1 Å². The van der Waals surface area contributed by atoms with Crippen molar-refractivity contribution in [3.8, 4) is 5.75 Å². The first kappa shape index (κ1) is 16.7. The Labute approximate surface area is 124 Å². The predicted octanol–water partition coefficient (Wildman–Crippen LogP) is 1.69. The SMILES string of the molecule is C[C@@H]1CNCCN1CCOc1ccc([N+](=O)[O-])cc1.Cl. The van der Waals surface area contributed by atoms with Gasteiger partial charge in [-0.25, -0.2) is 0 Å². The van der Waals surface area contributed by atoms with Crippen molar-refractivity contribution in [2.45, 2.75) is 13.0 Å². The van der Waals surface area contributed by atoms with Gasteiger partial charge in [-0.1, -0.05) is 0 Å². The fourth-order valence-electron chi connectivity index (χ4n) is 2.16. The van der Waals surface area contributed by atoms with Crippen LogP contribution in [0.3, 0.4) is 0 Å². The Kier molecular flexibility index (Phi) is 6.70. The molecule has 6 nitrogen and oxygen atoms in total. The van der Waals surface area contributed by atoms with Crippen molar-refractivity contribution < 1.29 is 9.66 Å². The van der Waals surface area contributed by atoms with Crippen molar-refractivity contribution in [3.63, 3.8) is 0 Å². The maximum absolute atomic E-state index is 10.5. The number of nitrogens with one attached hydrogen (secondary N) is 1. The van der Waals surface area contributed by atoms with Gasteiger partial charge in [0.05, 0.1) is 4.92 Å². The molecule has 0 bridgehead atoms. The Balaban J connectivity index is 0.00000200. The van der Waals surface area contributed by atoms with Gasteiger partial charge in [-0.2, -0.15) is 0 Å². The summed E-state index contributed by atoms with van der Waals surface area (Å²) in [6.45, 7) is 6.73. The second-order valence-electron chi connectivity index (χ2n) is 4.69. The molecule has 1 aromatic rings. The van der Waals surface area contributed by atoms with Crippen LogP contribution in [0, 0.1) is 10.1 Å². The molecule has 20 heavy (non-hydrogen) atoms. The minimum absolute atomic E-state index is 0. The van der Waals surface area contributed by atoms with Gasteiger partial charge in [0, 0.05) is 44.4 Å². The monoisotopic (exact) mass is 301 g/mol. The molecule has 0 radical (unpaired) electrons. The van der Waals surface area contributed by atoms with E-state index in [0.29, 0.717) is 18.4 Å². The van der Waals surface area contributed by atoms with E-state index in [1.807, 2.05) is 0 Å². The summed E-state index contributed by atoms with van der Waals surface area (Å²) in [4.78, 5) is 12.5. The number of rotatable bonds is 5. The van der Waals surface area contributed by atoms with Crippen LogP contribution in [-0.4, -0.2) is 48.7 Å². The third kappa shape index (κ3) is 4.63. The van der Waals surface area contributed by atoms with Gasteiger partial charge < -0.3 is 10.1 Å². The summed E-state index contributed by atoms with van der Waals surface area (Å²) in [6.07, 6.45) is 0. The molecule has 7 heteroatoms. The predicted molar refractivity (Wildman–Crippen MR) is 79.7 cm³/mol. The van der Waals surface area contributed by atoms with Crippen LogP contribution in [0.5, 0.6) is 5.75 Å². The van der Waals surface area contributed by atoms with Gasteiger partial charge in [0.2, 0.25) is 0 Å². The standard InChI is InChI=1S/C13H19N3O3.ClH/c1-11-10-14-6-7-15(11)8-9-19-13-4-2-12(3-5-13)16(17)18;/h2-5,11,14H,6-10H2,1H3;1H/t11-;/m1./s1. The normalized spacial score (nSPS) is 19.1. The zero-order valence-electron chi connectivity index (χ0n) is 11.4. The minimum atomic E-state index is -0.411. The van der Waals surface area contributed by atoms with Crippen LogP contribution in [-0.2, 0) is 0 Å². The molecule has 1 atom stereocenters. The lowest BCUT2D eigenvalue weighted by Crippen LogP contribution is -2.50. The molecule has 1 saturated heterocycles. The number of non-ortho nitro benzene ring substituents is 1. The van der Waals surface area contributed by atoms with Crippen LogP contribution in [0.4, 0.5) is 5.69 Å². The Morgan fingerprint density at radius 2 is 2.15 bits per heavy atom. The summed E-state index contributed by atoms with van der Waals surface area (Å²) in [7, 11) is 0. The lowest BCUT2D eigenvalue weighted by molar-refractivity contribution is -0.384. The molecule has 1 aliphatic heterocycles. The van der Waals surface area contributed by atoms with E-state index >= 15 is 0 Å². The van der Waals surface area contributed by atoms with Crippen LogP contribution < -0.4 is 10.1 Å². The van der Waals surface area contributed by atoms with Crippen LogP contribution in [0.25, 0.3) is 0 Å². The summed E-state index contributed by atoms with van der Waals surface area (Å²) >= 11 is 0. The summed E-state index contributed by atoms with van der Waals surface area (Å²) in [5.41, 5.74) is 0.0862. The second-order valence-corrected chi connectivity index (χ2v) is 4.69. The average molecular weight is 302 g/mol. The number of nitro benzene ring substituents is 1. The van der Waals surface area contributed by atoms with Crippen LogP contribution in [0.15, 0.2) is 24.3 Å². The molecule has 1 aromatic carbocycles. The van der Waals surface area contributed by atoms with E-state index in [0.717, 1.165) is 26.2 Å². The molecule has 0 unspecified atom stereocenters. The Hall–Kier alpha value is -1.37. The molecule has 0 aliphatic carbocycles. The smallest absolute Gasteiger partial charge is 0.269 e. The zero-order chi connectivity index (χ0) is 13.7. The van der Waals surface area contributed by atoms with Gasteiger partial charge in [-0.15, -0.1) is 12.4 Å². The number of ether oxygens (including phenoxy) is 1. The highest BCUT2D eigenvalue weighted by atomic mass is 35.5. The number of halogens is 1. The first-order chi connectivity index (χ1) is 9.16. The van der Waals surface area contributed by atoms with Gasteiger partial charge in [-0.05, 0) is 19.1 Å². The first-order valence-electron chi connectivity index (χ1n) is 6.49. The van der Waals surface area contributed by atoms with Gasteiger partial charge in [0.1, 0.15) is 12.4 Å². The fourth-order valence-corrected chi connectivity index (χ4v) is 2.16. The quantitative estimate of drug-likeness (QED) is 0.662. The molecule has 0 spiro atoms. The molecule has 0 amide bonds. The second kappa shape index (κ2) is 8.04. The Bertz CT molecular complexity index is 427. The van der Waals surface area contributed by atoms with E-state index in [4.69, 9.17) is 4.74 Å². The maximum atomic E-state index is 10.5. The van der Waals surface area contributed by atoms with Crippen molar-refractivity contribution in [1.29, 1.82) is 0 Å². The van der Waals surface area contributed by atoms with E-state index in [9.17, 15) is 10.1 Å². The molecule has 1 N–H and O–H groups in total. The van der Waals surface area contributed by atoms with Crippen LogP contribution in [0.2, 0.25) is 0 Å². The lowest BCUT2D eigenvalue weighted by atomic mass is 10.2. The molecule has 0 saturated carbocycles. The third-order valence-corrected chi connectivity index (χ3v) is 3.33. The summed E-state index contributed by atoms with van der Waals surface area (Å²) < 4.78 is 5.61. The molecule has 1 fully saturated rings. The Morgan fingerprint density at radius 3 is 2.75 bits per heavy atom. The van der Waals surface area contributed by atoms with Gasteiger partial charge in [0.25, 0.3) is 5.69 Å². The zero-order valence-corrected chi connectivity index (χ0v) is 12.3. The molecule has 0 aromatic heterocycles. The highest BCUT2D eigenvalue weighted by Gasteiger charge is 2.17. The van der Waals surface area contributed by atoms with E-state index in [-0.39, 0.29) is 18.1 Å². The van der Waals surface area contributed by atoms with E-state index in [1.165, 1.54) is 12.1 Å². The van der Waals surface area contributed by atoms with Crippen molar-refractivity contribution in [2.75, 3.05) is 32.8 Å². The maximum Gasteiger partial charge on any atom is 0.269 e. The van der Waals surface area contributed by atoms with Crippen LogP contribution >= 0.6 is 12.4 Å². The lowest BCUT2D eigenvalue weighted by Gasteiger charge is -2.33. The molecule has 1 heterocycles. The summed E-state index contributed by atoms with van der Waals surface area (Å²) in [5, 5.41) is 13.9. The summed E-state index contributed by atoms with van der Waals surface area (Å²) in [6, 6.07) is 6.72. The third-order valence-electron chi connectivity index (χ3n) is 3.33. The number of hydrogen-bond donors (Lipinski definition) is 1. The van der Waals surface area contributed by atoms with E-state index in [1.54, 1.807) is 12.1 Å². The summed E-state index contributed by atoms with van der Waals surface area (Å²) in [5.74, 6) is 0.674. The molecule has 1 aliphatic rings. The van der Waals surface area contributed by atoms with Gasteiger partial charge >= 0.3 is 0 Å². The fraction of sp³-hybridized carbons (Fsp3) is 0.538. The topological polar surface area (TPSA) is 67.6 Å². The number of nitrogens with zero attached hydrogens (tertiary/aromatic N) is 2. The first-order valence-corrected chi connectivity index (χ1v) is 6.49. The van der Waals surface area contributed by atoms with Gasteiger partial charge in [0.15, 0.2) is 0 Å². The number of benzene rings is 1. The highest BCUT2D eigenvalue weighted by Crippen LogP contribution is 2.17. The number of hydrogen-bond acceptors (Lipinski definition) is 5. The molecular formula is C13H20ClN3O3. The Morgan fingerprint density at radius 1 is 1.45 bits per heavy atom. The van der Waals surface area contributed by atoms with Crippen molar-refractivity contribution in [1.82, 2.24) is 10.2 Å². The van der Waals surface area contributed by atoms with Crippen molar-refractivity contribution in [2.24, 2.45) is 0 Å². The highest BCUT2D eigenvalue weighted by molar-refractivity contribution is 5.85. The van der Waals surface area contributed by atoms with Crippen molar-refractivity contribution in [3.05, 3.63) is 34.4 Å². The average Bonchev–Trinajstić information content (AvgIpc) is 2.41.